The molecular weight excluding hydrogens is 204 g/mol. The second-order valence-electron chi connectivity index (χ2n) is 3.83. The molecule has 0 heterocycles. The third-order valence-electron chi connectivity index (χ3n) is 2.57. The molecule has 0 aliphatic heterocycles. The maximum absolute atomic E-state index is 8.95. The van der Waals surface area contributed by atoms with Gasteiger partial charge in [0, 0.05) is 30.9 Å². The van der Waals surface area contributed by atoms with Crippen molar-refractivity contribution in [3.05, 3.63) is 23.8 Å². The van der Waals surface area contributed by atoms with Gasteiger partial charge in [0.2, 0.25) is 0 Å². The molecule has 0 saturated heterocycles. The summed E-state index contributed by atoms with van der Waals surface area (Å²) in [5.41, 5.74) is 7.93. The maximum atomic E-state index is 8.95. The number of hydrogen-bond acceptors (Lipinski definition) is 4. The number of benzene rings is 1. The highest BCUT2D eigenvalue weighted by Crippen LogP contribution is 2.32. The van der Waals surface area contributed by atoms with E-state index >= 15 is 0 Å². The lowest BCUT2D eigenvalue weighted by Gasteiger charge is -2.24. The number of aliphatic hydroxyl groups is 1. The van der Waals surface area contributed by atoms with Crippen LogP contribution in [-0.4, -0.2) is 32.4 Å². The zero-order valence-electron chi connectivity index (χ0n) is 10.1. The molecule has 0 radical (unpaired) electrons. The molecule has 0 aromatic heterocycles. The normalized spacial score (nSPS) is 12.3. The summed E-state index contributed by atoms with van der Waals surface area (Å²) in [4.78, 5) is 1.97. The van der Waals surface area contributed by atoms with Crippen molar-refractivity contribution in [1.29, 1.82) is 0 Å². The largest absolute Gasteiger partial charge is 0.496 e. The molecule has 4 heteroatoms. The van der Waals surface area contributed by atoms with Crippen LogP contribution in [-0.2, 0) is 0 Å². The summed E-state index contributed by atoms with van der Waals surface area (Å²) < 4.78 is 5.31. The summed E-state index contributed by atoms with van der Waals surface area (Å²) in [5.74, 6) is 0.789. The minimum absolute atomic E-state index is 0.104. The Morgan fingerprint density at radius 2 is 2.19 bits per heavy atom. The van der Waals surface area contributed by atoms with E-state index in [0.29, 0.717) is 6.54 Å². The molecule has 3 N–H and O–H groups in total. The van der Waals surface area contributed by atoms with Gasteiger partial charge < -0.3 is 20.5 Å². The lowest BCUT2D eigenvalue weighted by Crippen LogP contribution is -2.24. The van der Waals surface area contributed by atoms with Crippen molar-refractivity contribution >= 4 is 5.69 Å². The lowest BCUT2D eigenvalue weighted by atomic mass is 10.0. The van der Waals surface area contributed by atoms with Crippen molar-refractivity contribution in [2.75, 3.05) is 32.2 Å². The van der Waals surface area contributed by atoms with Crippen molar-refractivity contribution in [1.82, 2.24) is 0 Å². The van der Waals surface area contributed by atoms with Gasteiger partial charge in [-0.1, -0.05) is 6.07 Å². The number of nitrogens with two attached hydrogens (primary N) is 1. The van der Waals surface area contributed by atoms with Gasteiger partial charge in [-0.3, -0.25) is 0 Å². The Hall–Kier alpha value is -1.26. The number of anilines is 1. The molecule has 0 fully saturated rings. The molecule has 0 unspecified atom stereocenters. The van der Waals surface area contributed by atoms with Crippen LogP contribution in [0.1, 0.15) is 18.5 Å². The predicted molar refractivity (Wildman–Crippen MR) is 66.0 cm³/mol. The fourth-order valence-corrected chi connectivity index (χ4v) is 1.77. The van der Waals surface area contributed by atoms with Crippen LogP contribution in [0.25, 0.3) is 0 Å². The van der Waals surface area contributed by atoms with Crippen LogP contribution < -0.4 is 15.4 Å². The minimum Gasteiger partial charge on any atom is -0.496 e. The van der Waals surface area contributed by atoms with Gasteiger partial charge in [0.25, 0.3) is 0 Å². The molecule has 1 rings (SSSR count). The van der Waals surface area contributed by atoms with Crippen LogP contribution in [0.5, 0.6) is 5.75 Å². The molecule has 0 saturated carbocycles. The van der Waals surface area contributed by atoms with Gasteiger partial charge in [-0.15, -0.1) is 0 Å². The number of likely N-dealkylation sites (N-methyl/N-ethyl adjacent to an activating group) is 1. The Bertz CT molecular complexity index is 340. The fourth-order valence-electron chi connectivity index (χ4n) is 1.77. The molecule has 0 spiro atoms. The molecule has 4 nitrogen and oxygen atoms in total. The lowest BCUT2D eigenvalue weighted by molar-refractivity contribution is 0.304. The summed E-state index contributed by atoms with van der Waals surface area (Å²) in [7, 11) is 3.56. The van der Waals surface area contributed by atoms with E-state index in [-0.39, 0.29) is 12.6 Å². The van der Waals surface area contributed by atoms with E-state index in [4.69, 9.17) is 15.6 Å². The third-order valence-corrected chi connectivity index (χ3v) is 2.57. The Kier molecular flexibility index (Phi) is 4.58. The van der Waals surface area contributed by atoms with Crippen molar-refractivity contribution in [2.24, 2.45) is 5.73 Å². The summed E-state index contributed by atoms with van der Waals surface area (Å²) in [6.07, 6.45) is 0. The smallest absolute Gasteiger partial charge is 0.125 e. The predicted octanol–water partition coefficient (Wildman–Crippen LogP) is 1.14. The number of nitrogens with zero attached hydrogens (tertiary/aromatic N) is 1. The summed E-state index contributed by atoms with van der Waals surface area (Å²) in [6, 6.07) is 5.70. The quantitative estimate of drug-likeness (QED) is 0.787. The highest BCUT2D eigenvalue weighted by molar-refractivity contribution is 5.60. The van der Waals surface area contributed by atoms with E-state index in [9.17, 15) is 0 Å². The summed E-state index contributed by atoms with van der Waals surface area (Å²) in [5, 5.41) is 8.95. The molecule has 16 heavy (non-hydrogen) atoms. The monoisotopic (exact) mass is 224 g/mol. The van der Waals surface area contributed by atoms with Gasteiger partial charge in [0.05, 0.1) is 13.7 Å². The Morgan fingerprint density at radius 1 is 1.50 bits per heavy atom. The molecule has 1 aromatic rings. The molecule has 1 atom stereocenters. The average molecular weight is 224 g/mol. The number of hydrogen-bond donors (Lipinski definition) is 2. The summed E-state index contributed by atoms with van der Waals surface area (Å²) >= 11 is 0. The van der Waals surface area contributed by atoms with Gasteiger partial charge in [-0.25, -0.2) is 0 Å². The number of ether oxygens (including phenoxy) is 1. The molecule has 0 amide bonds. The van der Waals surface area contributed by atoms with Gasteiger partial charge >= 0.3 is 0 Å². The molecule has 1 aromatic carbocycles. The van der Waals surface area contributed by atoms with E-state index < -0.39 is 0 Å². The standard InChI is InChI=1S/C12H20N2O2/c1-9(13)12-10(14(2)7-8-15)5-4-6-11(12)16-3/h4-6,9,15H,7-8,13H2,1-3H3/t9-/m1/s1. The summed E-state index contributed by atoms with van der Waals surface area (Å²) in [6.45, 7) is 2.62. The van der Waals surface area contributed by atoms with Crippen LogP contribution in [0.3, 0.4) is 0 Å². The zero-order chi connectivity index (χ0) is 12.1. The molecule has 90 valence electrons. The molecule has 0 aliphatic rings. The van der Waals surface area contributed by atoms with Crippen LogP contribution >= 0.6 is 0 Å². The topological polar surface area (TPSA) is 58.7 Å². The van der Waals surface area contributed by atoms with Gasteiger partial charge in [-0.2, -0.15) is 0 Å². The zero-order valence-corrected chi connectivity index (χ0v) is 10.1. The van der Waals surface area contributed by atoms with Crippen LogP contribution in [0.4, 0.5) is 5.69 Å². The fraction of sp³-hybridized carbons (Fsp3) is 0.500. The van der Waals surface area contributed by atoms with Crippen LogP contribution in [0.2, 0.25) is 0 Å². The van der Waals surface area contributed by atoms with Crippen LogP contribution in [0, 0.1) is 0 Å². The first-order chi connectivity index (χ1) is 7.61. The second-order valence-corrected chi connectivity index (χ2v) is 3.83. The SMILES string of the molecule is COc1cccc(N(C)CCO)c1[C@@H](C)N. The maximum Gasteiger partial charge on any atom is 0.125 e. The highest BCUT2D eigenvalue weighted by atomic mass is 16.5. The second kappa shape index (κ2) is 5.72. The van der Waals surface area contributed by atoms with Gasteiger partial charge in [0.15, 0.2) is 0 Å². The van der Waals surface area contributed by atoms with E-state index in [1.807, 2.05) is 37.1 Å². The number of aliphatic hydroxyl groups excluding tert-OH is 1. The van der Waals surface area contributed by atoms with Crippen molar-refractivity contribution in [2.45, 2.75) is 13.0 Å². The molecular formula is C12H20N2O2. The molecule has 0 aliphatic carbocycles. The Balaban J connectivity index is 3.16. The highest BCUT2D eigenvalue weighted by Gasteiger charge is 2.15. The molecule has 0 bridgehead atoms. The first kappa shape index (κ1) is 12.8. The van der Waals surface area contributed by atoms with Crippen molar-refractivity contribution < 1.29 is 9.84 Å². The van der Waals surface area contributed by atoms with Crippen molar-refractivity contribution in [3.8, 4) is 5.75 Å². The van der Waals surface area contributed by atoms with E-state index in [1.165, 1.54) is 0 Å². The Morgan fingerprint density at radius 3 is 2.69 bits per heavy atom. The van der Waals surface area contributed by atoms with Gasteiger partial charge in [0.1, 0.15) is 5.75 Å². The first-order valence-corrected chi connectivity index (χ1v) is 5.36. The Labute approximate surface area is 96.6 Å². The number of rotatable bonds is 5. The van der Waals surface area contributed by atoms with Crippen LogP contribution in [0.15, 0.2) is 18.2 Å². The number of methoxy groups -OCH3 is 1. The van der Waals surface area contributed by atoms with E-state index in [0.717, 1.165) is 17.0 Å². The van der Waals surface area contributed by atoms with E-state index in [2.05, 4.69) is 0 Å². The third kappa shape index (κ3) is 2.65. The first-order valence-electron chi connectivity index (χ1n) is 5.36. The van der Waals surface area contributed by atoms with Crippen molar-refractivity contribution in [3.63, 3.8) is 0 Å². The minimum atomic E-state index is -0.104. The average Bonchev–Trinajstić information content (AvgIpc) is 2.28. The van der Waals surface area contributed by atoms with E-state index in [1.54, 1.807) is 7.11 Å². The van der Waals surface area contributed by atoms with Gasteiger partial charge in [-0.05, 0) is 19.1 Å².